The van der Waals surface area contributed by atoms with Crippen molar-refractivity contribution in [2.45, 2.75) is 0 Å². The van der Waals surface area contributed by atoms with Gasteiger partial charge in [-0.15, -0.1) is 11.3 Å². The molecule has 0 bridgehead atoms. The smallest absolute Gasteiger partial charge is 0.141 e. The molecule has 66 valence electrons. The van der Waals surface area contributed by atoms with Crippen molar-refractivity contribution in [2.24, 2.45) is 0 Å². The predicted molar refractivity (Wildman–Crippen MR) is 51.2 cm³/mol. The Morgan fingerprint density at radius 2 is 2.00 bits per heavy atom. The van der Waals surface area contributed by atoms with Crippen molar-refractivity contribution >= 4 is 21.4 Å². The molecule has 0 aliphatic heterocycles. The van der Waals surface area contributed by atoms with Crippen LogP contribution in [0.15, 0.2) is 17.5 Å². The Morgan fingerprint density at radius 1 is 1.21 bits per heavy atom. The quantitative estimate of drug-likeness (QED) is 0.659. The van der Waals surface area contributed by atoms with Crippen LogP contribution in [0, 0.1) is 28.5 Å². The average Bonchev–Trinajstić information content (AvgIpc) is 2.61. The summed E-state index contributed by atoms with van der Waals surface area (Å²) in [6, 6.07) is 6.55. The molecule has 0 aliphatic carbocycles. The largest absolute Gasteiger partial charge is 0.206 e. The van der Waals surface area contributed by atoms with Crippen LogP contribution in [0.2, 0.25) is 0 Å². The minimum absolute atomic E-state index is 0.0414. The molecule has 0 radical (unpaired) electrons. The molecule has 0 aliphatic rings. The molecular formula is C10H3FN2S. The summed E-state index contributed by atoms with van der Waals surface area (Å²) < 4.78 is 13.9. The van der Waals surface area contributed by atoms with Gasteiger partial charge in [0.1, 0.15) is 18.0 Å². The lowest BCUT2D eigenvalue weighted by atomic mass is 10.1. The van der Waals surface area contributed by atoms with Gasteiger partial charge in [-0.2, -0.15) is 10.5 Å². The number of halogens is 1. The van der Waals surface area contributed by atoms with Crippen LogP contribution >= 0.6 is 11.3 Å². The van der Waals surface area contributed by atoms with E-state index in [0.717, 1.165) is 4.70 Å². The summed E-state index contributed by atoms with van der Waals surface area (Å²) in [5.74, 6) is -0.574. The number of nitriles is 2. The van der Waals surface area contributed by atoms with Crippen molar-refractivity contribution in [1.29, 1.82) is 10.5 Å². The molecule has 0 amide bonds. The van der Waals surface area contributed by atoms with Gasteiger partial charge in [0.25, 0.3) is 0 Å². The topological polar surface area (TPSA) is 47.6 Å². The first-order chi connectivity index (χ1) is 6.77. The fraction of sp³-hybridized carbons (Fsp3) is 0. The molecule has 14 heavy (non-hydrogen) atoms. The van der Waals surface area contributed by atoms with E-state index in [9.17, 15) is 4.39 Å². The SMILES string of the molecule is N#Cc1csc2ccc(F)c(C#N)c12. The van der Waals surface area contributed by atoms with E-state index >= 15 is 0 Å². The van der Waals surface area contributed by atoms with Gasteiger partial charge in [-0.25, -0.2) is 4.39 Å². The van der Waals surface area contributed by atoms with E-state index in [-0.39, 0.29) is 5.56 Å². The third-order valence-corrected chi connectivity index (χ3v) is 2.87. The number of hydrogen-bond acceptors (Lipinski definition) is 3. The molecule has 0 fully saturated rings. The van der Waals surface area contributed by atoms with Crippen molar-refractivity contribution in [1.82, 2.24) is 0 Å². The fourth-order valence-electron chi connectivity index (χ4n) is 1.30. The van der Waals surface area contributed by atoms with Gasteiger partial charge in [-0.3, -0.25) is 0 Å². The first-order valence-electron chi connectivity index (χ1n) is 3.78. The maximum Gasteiger partial charge on any atom is 0.141 e. The lowest BCUT2D eigenvalue weighted by Gasteiger charge is -1.95. The zero-order valence-electron chi connectivity index (χ0n) is 6.91. The first-order valence-corrected chi connectivity index (χ1v) is 4.66. The van der Waals surface area contributed by atoms with Crippen LogP contribution < -0.4 is 0 Å². The summed E-state index contributed by atoms with van der Waals surface area (Å²) in [5.41, 5.74) is 0.321. The van der Waals surface area contributed by atoms with E-state index in [2.05, 4.69) is 0 Å². The average molecular weight is 202 g/mol. The van der Waals surface area contributed by atoms with Crippen LogP contribution in [0.25, 0.3) is 10.1 Å². The number of hydrogen-bond donors (Lipinski definition) is 0. The van der Waals surface area contributed by atoms with E-state index in [4.69, 9.17) is 10.5 Å². The third kappa shape index (κ3) is 1.06. The maximum atomic E-state index is 13.2. The summed E-state index contributed by atoms with van der Waals surface area (Å²) >= 11 is 1.34. The van der Waals surface area contributed by atoms with Gasteiger partial charge in [0, 0.05) is 15.5 Å². The van der Waals surface area contributed by atoms with Crippen LogP contribution in [0.3, 0.4) is 0 Å². The predicted octanol–water partition coefficient (Wildman–Crippen LogP) is 2.78. The highest BCUT2D eigenvalue weighted by Crippen LogP contribution is 2.29. The Morgan fingerprint density at radius 3 is 2.64 bits per heavy atom. The summed E-state index contributed by atoms with van der Waals surface area (Å²) in [5, 5.41) is 19.6. The Balaban J connectivity index is 3.00. The van der Waals surface area contributed by atoms with Crippen molar-refractivity contribution < 1.29 is 4.39 Å². The number of rotatable bonds is 0. The lowest BCUT2D eigenvalue weighted by molar-refractivity contribution is 0.626. The van der Waals surface area contributed by atoms with Gasteiger partial charge in [-0.1, -0.05) is 0 Å². The Kier molecular flexibility index (Phi) is 1.92. The van der Waals surface area contributed by atoms with Crippen LogP contribution in [-0.2, 0) is 0 Å². The molecule has 1 heterocycles. The first kappa shape index (κ1) is 8.68. The zero-order chi connectivity index (χ0) is 10.1. The van der Waals surface area contributed by atoms with Crippen molar-refractivity contribution in [3.63, 3.8) is 0 Å². The van der Waals surface area contributed by atoms with Gasteiger partial charge in [-0.05, 0) is 12.1 Å². The Labute approximate surface area is 83.4 Å². The summed E-state index contributed by atoms with van der Waals surface area (Å²) in [6.07, 6.45) is 0. The maximum absolute atomic E-state index is 13.2. The van der Waals surface area contributed by atoms with Gasteiger partial charge >= 0.3 is 0 Å². The summed E-state index contributed by atoms with van der Waals surface area (Å²) in [6.45, 7) is 0. The van der Waals surface area contributed by atoms with E-state index < -0.39 is 5.82 Å². The summed E-state index contributed by atoms with van der Waals surface area (Å²) in [4.78, 5) is 0. The number of thiophene rings is 1. The number of nitrogens with zero attached hydrogens (tertiary/aromatic N) is 2. The number of fused-ring (bicyclic) bond motifs is 1. The molecule has 2 nitrogen and oxygen atoms in total. The molecule has 0 saturated heterocycles. The monoisotopic (exact) mass is 202 g/mol. The van der Waals surface area contributed by atoms with Crippen molar-refractivity contribution in [3.8, 4) is 12.1 Å². The third-order valence-electron chi connectivity index (χ3n) is 1.92. The summed E-state index contributed by atoms with van der Waals surface area (Å²) in [7, 11) is 0. The van der Waals surface area contributed by atoms with Gasteiger partial charge in [0.2, 0.25) is 0 Å². The van der Waals surface area contributed by atoms with E-state index in [0.29, 0.717) is 10.9 Å². The second-order valence-electron chi connectivity index (χ2n) is 2.67. The van der Waals surface area contributed by atoms with E-state index in [1.807, 2.05) is 6.07 Å². The minimum Gasteiger partial charge on any atom is -0.206 e. The van der Waals surface area contributed by atoms with Gasteiger partial charge in [0.15, 0.2) is 0 Å². The molecule has 0 atom stereocenters. The molecule has 2 rings (SSSR count). The van der Waals surface area contributed by atoms with Gasteiger partial charge in [0.05, 0.1) is 11.1 Å². The Hall–Kier alpha value is -1.91. The lowest BCUT2D eigenvalue weighted by Crippen LogP contribution is -1.84. The Bertz CT molecular complexity index is 586. The second kappa shape index (κ2) is 3.10. The van der Waals surface area contributed by atoms with Crippen LogP contribution in [0.4, 0.5) is 4.39 Å². The molecule has 1 aromatic heterocycles. The van der Waals surface area contributed by atoms with Crippen LogP contribution in [0.5, 0.6) is 0 Å². The van der Waals surface area contributed by atoms with Gasteiger partial charge < -0.3 is 0 Å². The zero-order valence-corrected chi connectivity index (χ0v) is 7.73. The molecule has 0 spiro atoms. The highest BCUT2D eigenvalue weighted by molar-refractivity contribution is 7.17. The van der Waals surface area contributed by atoms with Crippen LogP contribution in [-0.4, -0.2) is 0 Å². The molecule has 0 N–H and O–H groups in total. The van der Waals surface area contributed by atoms with Crippen molar-refractivity contribution in [2.75, 3.05) is 0 Å². The highest BCUT2D eigenvalue weighted by Gasteiger charge is 2.12. The standard InChI is InChI=1S/C10H3FN2S/c11-8-1-2-9-10(7(8)4-13)6(3-12)5-14-9/h1-2,5H. The number of benzene rings is 1. The van der Waals surface area contributed by atoms with Crippen molar-refractivity contribution in [3.05, 3.63) is 34.5 Å². The minimum atomic E-state index is -0.574. The molecular weight excluding hydrogens is 199 g/mol. The fourth-order valence-corrected chi connectivity index (χ4v) is 2.19. The van der Waals surface area contributed by atoms with E-state index in [1.54, 1.807) is 17.5 Å². The van der Waals surface area contributed by atoms with Crippen LogP contribution in [0.1, 0.15) is 11.1 Å². The second-order valence-corrected chi connectivity index (χ2v) is 3.58. The molecule has 2 aromatic rings. The molecule has 4 heteroatoms. The molecule has 0 unspecified atom stereocenters. The molecule has 1 aromatic carbocycles. The normalized spacial score (nSPS) is 9.64. The highest BCUT2D eigenvalue weighted by atomic mass is 32.1. The molecule has 0 saturated carbocycles. The van der Waals surface area contributed by atoms with E-state index in [1.165, 1.54) is 17.4 Å².